The van der Waals surface area contributed by atoms with Crippen LogP contribution in [0.5, 0.6) is 5.75 Å². The van der Waals surface area contributed by atoms with Crippen molar-refractivity contribution >= 4 is 35.6 Å². The number of aldehydes is 1. The summed E-state index contributed by atoms with van der Waals surface area (Å²) in [6.45, 7) is 5.23. The molecule has 0 saturated carbocycles. The van der Waals surface area contributed by atoms with Crippen LogP contribution in [0.1, 0.15) is 11.8 Å². The number of nitrogens with one attached hydrogen (secondary N) is 2. The second-order valence-electron chi connectivity index (χ2n) is 6.88. The number of amides is 3. The fourth-order valence-corrected chi connectivity index (χ4v) is 3.63. The molecule has 0 saturated heterocycles. The van der Waals surface area contributed by atoms with Crippen LogP contribution in [0.15, 0.2) is 78.0 Å². The van der Waals surface area contributed by atoms with Gasteiger partial charge in [0, 0.05) is 17.6 Å². The third-order valence-corrected chi connectivity index (χ3v) is 5.25. The maximum absolute atomic E-state index is 12.4. The van der Waals surface area contributed by atoms with Gasteiger partial charge in [0.1, 0.15) is 12.3 Å². The molecule has 0 aliphatic heterocycles. The molecule has 172 valence electrons. The molecule has 8 heteroatoms. The van der Waals surface area contributed by atoms with E-state index in [9.17, 15) is 14.4 Å². The minimum absolute atomic E-state index is 0.0940. The van der Waals surface area contributed by atoms with Gasteiger partial charge in [0.05, 0.1) is 12.8 Å². The monoisotopic (exact) mass is 465 g/mol. The standard InChI is InChI=1S/C25H27N3O4S/c1-5-7-20(8-6-2)26-24(30)15-28(3)25(31)27-21(16-29)14-23-13-19(17-33-23)18-9-11-22(32-4)12-10-18/h5-14,16-17H,1,15H2,2-4H3,(H,26,30)(H,27,31)/b8-6-,20-7+,21-14-. The zero-order valence-corrected chi connectivity index (χ0v) is 19.6. The zero-order valence-electron chi connectivity index (χ0n) is 18.8. The van der Waals surface area contributed by atoms with Crippen LogP contribution in [0.2, 0.25) is 0 Å². The molecule has 1 aromatic carbocycles. The fourth-order valence-electron chi connectivity index (χ4n) is 2.77. The predicted molar refractivity (Wildman–Crippen MR) is 133 cm³/mol. The van der Waals surface area contributed by atoms with Crippen LogP contribution in [-0.2, 0) is 9.59 Å². The molecule has 33 heavy (non-hydrogen) atoms. The van der Waals surface area contributed by atoms with E-state index in [0.29, 0.717) is 12.0 Å². The summed E-state index contributed by atoms with van der Waals surface area (Å²) < 4.78 is 5.17. The van der Waals surface area contributed by atoms with Crippen molar-refractivity contribution < 1.29 is 19.1 Å². The number of carbonyl (C=O) groups is 3. The molecule has 0 unspecified atom stereocenters. The lowest BCUT2D eigenvalue weighted by Crippen LogP contribution is -2.42. The quantitative estimate of drug-likeness (QED) is 0.310. The SMILES string of the molecule is C=C/C=C(\C=C/C)NC(=O)CN(C)C(=O)N/C(C=O)=C\c1cc(-c2ccc(OC)cc2)cs1. The number of benzene rings is 1. The molecular weight excluding hydrogens is 438 g/mol. The maximum Gasteiger partial charge on any atom is 0.322 e. The Hall–Kier alpha value is -3.91. The summed E-state index contributed by atoms with van der Waals surface area (Å²) in [5.41, 5.74) is 2.65. The largest absolute Gasteiger partial charge is 0.497 e. The van der Waals surface area contributed by atoms with Crippen LogP contribution in [0, 0.1) is 0 Å². The van der Waals surface area contributed by atoms with Crippen molar-refractivity contribution in [3.8, 4) is 16.9 Å². The van der Waals surface area contributed by atoms with Crippen LogP contribution in [-0.4, -0.2) is 43.8 Å². The molecular formula is C25H27N3O4S. The average Bonchev–Trinajstić information content (AvgIpc) is 3.27. The first-order chi connectivity index (χ1) is 15.9. The van der Waals surface area contributed by atoms with E-state index < -0.39 is 6.03 Å². The molecule has 0 aliphatic rings. The topological polar surface area (TPSA) is 87.7 Å². The first kappa shape index (κ1) is 25.4. The minimum atomic E-state index is -0.573. The third kappa shape index (κ3) is 7.93. The van der Waals surface area contributed by atoms with Gasteiger partial charge in [-0.3, -0.25) is 9.59 Å². The number of nitrogens with zero attached hydrogens (tertiary/aromatic N) is 1. The van der Waals surface area contributed by atoms with Crippen molar-refractivity contribution in [2.45, 2.75) is 6.92 Å². The second kappa shape index (κ2) is 12.8. The number of methoxy groups -OCH3 is 1. The second-order valence-corrected chi connectivity index (χ2v) is 7.82. The molecule has 2 N–H and O–H groups in total. The number of likely N-dealkylation sites (N-methyl/N-ethyl adjacent to an activating group) is 1. The van der Waals surface area contributed by atoms with E-state index in [-0.39, 0.29) is 18.1 Å². The predicted octanol–water partition coefficient (Wildman–Crippen LogP) is 4.37. The van der Waals surface area contributed by atoms with Crippen molar-refractivity contribution in [3.63, 3.8) is 0 Å². The lowest BCUT2D eigenvalue weighted by molar-refractivity contribution is -0.120. The van der Waals surface area contributed by atoms with Gasteiger partial charge in [0.25, 0.3) is 0 Å². The third-order valence-electron chi connectivity index (χ3n) is 4.37. The van der Waals surface area contributed by atoms with E-state index in [1.165, 1.54) is 23.3 Å². The Balaban J connectivity index is 2.01. The van der Waals surface area contributed by atoms with Crippen molar-refractivity contribution in [3.05, 3.63) is 82.9 Å². The highest BCUT2D eigenvalue weighted by Gasteiger charge is 2.14. The number of hydrogen-bond donors (Lipinski definition) is 2. The Morgan fingerprint density at radius 2 is 1.88 bits per heavy atom. The van der Waals surface area contributed by atoms with E-state index in [1.807, 2.05) is 42.6 Å². The number of carbonyl (C=O) groups excluding carboxylic acids is 3. The van der Waals surface area contributed by atoms with E-state index in [4.69, 9.17) is 4.74 Å². The smallest absolute Gasteiger partial charge is 0.322 e. The Morgan fingerprint density at radius 3 is 2.48 bits per heavy atom. The number of allylic oxidation sites excluding steroid dienone is 5. The van der Waals surface area contributed by atoms with Crippen molar-refractivity contribution in [2.75, 3.05) is 20.7 Å². The van der Waals surface area contributed by atoms with Gasteiger partial charge in [0.15, 0.2) is 6.29 Å². The van der Waals surface area contributed by atoms with E-state index in [0.717, 1.165) is 21.8 Å². The molecule has 0 bridgehead atoms. The fraction of sp³-hybridized carbons (Fsp3) is 0.160. The highest BCUT2D eigenvalue weighted by atomic mass is 32.1. The molecule has 2 rings (SSSR count). The van der Waals surface area contributed by atoms with Gasteiger partial charge in [-0.1, -0.05) is 30.9 Å². The van der Waals surface area contributed by atoms with Gasteiger partial charge in [-0.15, -0.1) is 11.3 Å². The van der Waals surface area contributed by atoms with Gasteiger partial charge < -0.3 is 20.3 Å². The van der Waals surface area contributed by atoms with Gasteiger partial charge in [-0.2, -0.15) is 0 Å². The van der Waals surface area contributed by atoms with Crippen LogP contribution in [0.3, 0.4) is 0 Å². The van der Waals surface area contributed by atoms with E-state index >= 15 is 0 Å². The van der Waals surface area contributed by atoms with Crippen molar-refractivity contribution in [2.24, 2.45) is 0 Å². The molecule has 3 amide bonds. The van der Waals surface area contributed by atoms with Gasteiger partial charge >= 0.3 is 6.03 Å². The summed E-state index contributed by atoms with van der Waals surface area (Å²) in [6, 6.07) is 9.00. The number of thiophene rings is 1. The summed E-state index contributed by atoms with van der Waals surface area (Å²) in [6.07, 6.45) is 8.85. The van der Waals surface area contributed by atoms with Crippen LogP contribution < -0.4 is 15.4 Å². The molecule has 0 atom stereocenters. The van der Waals surface area contributed by atoms with Crippen molar-refractivity contribution in [1.82, 2.24) is 15.5 Å². The highest BCUT2D eigenvalue weighted by Crippen LogP contribution is 2.28. The van der Waals surface area contributed by atoms with Crippen LogP contribution >= 0.6 is 11.3 Å². The van der Waals surface area contributed by atoms with Crippen LogP contribution in [0.25, 0.3) is 17.2 Å². The van der Waals surface area contributed by atoms with E-state index in [2.05, 4.69) is 17.2 Å². The molecule has 0 spiro atoms. The minimum Gasteiger partial charge on any atom is -0.497 e. The normalized spacial score (nSPS) is 11.7. The van der Waals surface area contributed by atoms with Gasteiger partial charge in [0.2, 0.25) is 5.91 Å². The lowest BCUT2D eigenvalue weighted by Gasteiger charge is -2.17. The molecule has 2 aromatic rings. The average molecular weight is 466 g/mol. The Morgan fingerprint density at radius 1 is 1.15 bits per heavy atom. The summed E-state index contributed by atoms with van der Waals surface area (Å²) in [5, 5.41) is 7.19. The first-order valence-electron chi connectivity index (χ1n) is 10.1. The molecule has 7 nitrogen and oxygen atoms in total. The molecule has 0 fully saturated rings. The van der Waals surface area contributed by atoms with E-state index in [1.54, 1.807) is 37.5 Å². The molecule has 0 aliphatic carbocycles. The number of ether oxygens (including phenoxy) is 1. The lowest BCUT2D eigenvalue weighted by atomic mass is 10.1. The first-order valence-corrected chi connectivity index (χ1v) is 10.9. The Bertz CT molecular complexity index is 1080. The molecule has 1 aromatic heterocycles. The summed E-state index contributed by atoms with van der Waals surface area (Å²) in [5.74, 6) is 0.394. The zero-order chi connectivity index (χ0) is 24.2. The summed E-state index contributed by atoms with van der Waals surface area (Å²) in [7, 11) is 3.08. The van der Waals surface area contributed by atoms with Gasteiger partial charge in [-0.25, -0.2) is 4.79 Å². The van der Waals surface area contributed by atoms with Gasteiger partial charge in [-0.05, 0) is 59.9 Å². The summed E-state index contributed by atoms with van der Waals surface area (Å²) in [4.78, 5) is 38.2. The summed E-state index contributed by atoms with van der Waals surface area (Å²) >= 11 is 1.44. The number of hydrogen-bond acceptors (Lipinski definition) is 5. The Labute approximate surface area is 197 Å². The Kier molecular flexibility index (Phi) is 9.85. The number of rotatable bonds is 10. The van der Waals surface area contributed by atoms with Crippen molar-refractivity contribution in [1.29, 1.82) is 0 Å². The maximum atomic E-state index is 12.4. The van der Waals surface area contributed by atoms with Crippen LogP contribution in [0.4, 0.5) is 4.79 Å². The molecule has 0 radical (unpaired) electrons. The molecule has 1 heterocycles. The highest BCUT2D eigenvalue weighted by molar-refractivity contribution is 7.11. The number of urea groups is 1.